The number of thioether (sulfide) groups is 1. The van der Waals surface area contributed by atoms with Gasteiger partial charge in [0.15, 0.2) is 0 Å². The molecule has 2 aromatic carbocycles. The average molecular weight is 377 g/mol. The van der Waals surface area contributed by atoms with Crippen molar-refractivity contribution in [3.63, 3.8) is 0 Å². The van der Waals surface area contributed by atoms with E-state index in [1.54, 1.807) is 24.3 Å². The van der Waals surface area contributed by atoms with Gasteiger partial charge in [-0.25, -0.2) is 0 Å². The number of nitrogens with zero attached hydrogens (tertiary/aromatic N) is 1. The molecule has 3 rings (SSSR count). The lowest BCUT2D eigenvalue weighted by atomic mass is 10.2. The van der Waals surface area contributed by atoms with E-state index in [2.05, 4.69) is 5.32 Å². The number of carbonyl (C=O) groups is 2. The summed E-state index contributed by atoms with van der Waals surface area (Å²) in [6.07, 6.45) is 0. The lowest BCUT2D eigenvalue weighted by Gasteiger charge is -2.28. The largest absolute Gasteiger partial charge is 0.492 e. The molecule has 0 fully saturated rings. The summed E-state index contributed by atoms with van der Waals surface area (Å²) in [4.78, 5) is 26.8. The van der Waals surface area contributed by atoms with Crippen LogP contribution >= 0.6 is 23.4 Å². The minimum atomic E-state index is -0.213. The minimum Gasteiger partial charge on any atom is -0.492 e. The first-order chi connectivity index (χ1) is 12.1. The summed E-state index contributed by atoms with van der Waals surface area (Å²) in [5.41, 5.74) is 0.788. The Hall–Kier alpha value is -2.18. The molecule has 1 aliphatic heterocycles. The molecule has 1 aliphatic rings. The number of carbonyl (C=O) groups excluding carboxylic acids is 2. The summed E-state index contributed by atoms with van der Waals surface area (Å²) in [6.45, 7) is 0.713. The van der Waals surface area contributed by atoms with Gasteiger partial charge in [0, 0.05) is 9.92 Å². The summed E-state index contributed by atoms with van der Waals surface area (Å²) in [7, 11) is 0. The molecule has 2 aromatic rings. The van der Waals surface area contributed by atoms with E-state index in [1.807, 2.05) is 24.3 Å². The highest BCUT2D eigenvalue weighted by Gasteiger charge is 2.25. The van der Waals surface area contributed by atoms with Crippen LogP contribution in [-0.2, 0) is 9.59 Å². The van der Waals surface area contributed by atoms with Crippen LogP contribution in [0.1, 0.15) is 0 Å². The standard InChI is InChI=1S/C18H17ClN2O3S/c19-13-5-7-14(8-6-13)24-10-9-20-17(22)11-21-15-3-1-2-4-16(15)25-12-18(21)23/h1-8H,9-12H2,(H,20,22). The normalized spacial score (nSPS) is 13.3. The zero-order valence-corrected chi connectivity index (χ0v) is 15.0. The van der Waals surface area contributed by atoms with Crippen LogP contribution in [0.4, 0.5) is 5.69 Å². The summed E-state index contributed by atoms with van der Waals surface area (Å²) in [5.74, 6) is 0.770. The third kappa shape index (κ3) is 4.67. The highest BCUT2D eigenvalue weighted by molar-refractivity contribution is 8.00. The molecule has 1 N–H and O–H groups in total. The van der Waals surface area contributed by atoms with Crippen molar-refractivity contribution in [2.45, 2.75) is 4.90 Å². The van der Waals surface area contributed by atoms with Crippen LogP contribution in [-0.4, -0.2) is 37.3 Å². The van der Waals surface area contributed by atoms with Crippen molar-refractivity contribution in [2.24, 2.45) is 0 Å². The number of para-hydroxylation sites is 1. The van der Waals surface area contributed by atoms with Gasteiger partial charge in [-0.1, -0.05) is 23.7 Å². The van der Waals surface area contributed by atoms with Gasteiger partial charge in [-0.2, -0.15) is 0 Å². The highest BCUT2D eigenvalue weighted by atomic mass is 35.5. The predicted octanol–water partition coefficient (Wildman–Crippen LogP) is 2.97. The molecular weight excluding hydrogens is 360 g/mol. The first kappa shape index (κ1) is 17.6. The molecule has 0 aromatic heterocycles. The van der Waals surface area contributed by atoms with E-state index in [0.29, 0.717) is 29.7 Å². The Labute approximate surface area is 155 Å². The maximum atomic E-state index is 12.1. The monoisotopic (exact) mass is 376 g/mol. The summed E-state index contributed by atoms with van der Waals surface area (Å²) in [6, 6.07) is 14.6. The molecule has 1 heterocycles. The van der Waals surface area contributed by atoms with Gasteiger partial charge in [0.05, 0.1) is 18.0 Å². The van der Waals surface area contributed by atoms with Gasteiger partial charge in [-0.15, -0.1) is 11.8 Å². The molecule has 7 heteroatoms. The molecule has 0 spiro atoms. The fraction of sp³-hybridized carbons (Fsp3) is 0.222. The number of rotatable bonds is 6. The minimum absolute atomic E-state index is 0.0113. The summed E-state index contributed by atoms with van der Waals surface area (Å²) < 4.78 is 5.52. The molecule has 0 saturated carbocycles. The van der Waals surface area contributed by atoms with Crippen LogP contribution in [0, 0.1) is 0 Å². The number of amides is 2. The van der Waals surface area contributed by atoms with Crippen LogP contribution in [0.3, 0.4) is 0 Å². The van der Waals surface area contributed by atoms with E-state index < -0.39 is 0 Å². The summed E-state index contributed by atoms with van der Waals surface area (Å²) >= 11 is 7.30. The van der Waals surface area contributed by atoms with E-state index in [-0.39, 0.29) is 18.4 Å². The molecule has 130 valence electrons. The van der Waals surface area contributed by atoms with Crippen molar-refractivity contribution in [1.82, 2.24) is 5.32 Å². The molecule has 2 amide bonds. The third-order valence-electron chi connectivity index (χ3n) is 3.62. The van der Waals surface area contributed by atoms with Gasteiger partial charge < -0.3 is 15.0 Å². The van der Waals surface area contributed by atoms with Crippen LogP contribution in [0.2, 0.25) is 5.02 Å². The molecule has 0 saturated heterocycles. The molecule has 0 bridgehead atoms. The maximum Gasteiger partial charge on any atom is 0.240 e. The Kier molecular flexibility index (Phi) is 5.83. The van der Waals surface area contributed by atoms with Gasteiger partial charge in [0.25, 0.3) is 0 Å². The number of anilines is 1. The first-order valence-electron chi connectivity index (χ1n) is 7.81. The van der Waals surface area contributed by atoms with Crippen molar-refractivity contribution >= 4 is 40.9 Å². The molecule has 25 heavy (non-hydrogen) atoms. The van der Waals surface area contributed by atoms with E-state index >= 15 is 0 Å². The Bertz CT molecular complexity index is 767. The zero-order chi connectivity index (χ0) is 17.6. The number of hydrogen-bond acceptors (Lipinski definition) is 4. The topological polar surface area (TPSA) is 58.6 Å². The van der Waals surface area contributed by atoms with Crippen molar-refractivity contribution in [1.29, 1.82) is 0 Å². The van der Waals surface area contributed by atoms with Crippen LogP contribution in [0.15, 0.2) is 53.4 Å². The Morgan fingerprint density at radius 1 is 1.20 bits per heavy atom. The van der Waals surface area contributed by atoms with Gasteiger partial charge in [-0.3, -0.25) is 9.59 Å². The van der Waals surface area contributed by atoms with Crippen LogP contribution in [0.25, 0.3) is 0 Å². The van der Waals surface area contributed by atoms with Gasteiger partial charge in [0.1, 0.15) is 18.9 Å². The van der Waals surface area contributed by atoms with E-state index in [4.69, 9.17) is 16.3 Å². The SMILES string of the molecule is O=C(CN1C(=O)CSc2ccccc21)NCCOc1ccc(Cl)cc1. The van der Waals surface area contributed by atoms with Crippen molar-refractivity contribution < 1.29 is 14.3 Å². The zero-order valence-electron chi connectivity index (χ0n) is 13.4. The Morgan fingerprint density at radius 3 is 2.76 bits per heavy atom. The fourth-order valence-corrected chi connectivity index (χ4v) is 3.48. The van der Waals surface area contributed by atoms with E-state index in [1.165, 1.54) is 16.7 Å². The third-order valence-corrected chi connectivity index (χ3v) is 4.92. The second-order valence-corrected chi connectivity index (χ2v) is 6.84. The number of benzene rings is 2. The first-order valence-corrected chi connectivity index (χ1v) is 9.17. The molecule has 5 nitrogen and oxygen atoms in total. The lowest BCUT2D eigenvalue weighted by Crippen LogP contribution is -2.44. The Balaban J connectivity index is 1.48. The van der Waals surface area contributed by atoms with Crippen molar-refractivity contribution in [3.8, 4) is 5.75 Å². The van der Waals surface area contributed by atoms with Crippen LogP contribution in [0.5, 0.6) is 5.75 Å². The number of ether oxygens (including phenoxy) is 1. The quantitative estimate of drug-likeness (QED) is 0.787. The highest BCUT2D eigenvalue weighted by Crippen LogP contribution is 2.34. The van der Waals surface area contributed by atoms with Crippen LogP contribution < -0.4 is 15.0 Å². The van der Waals surface area contributed by atoms with Gasteiger partial charge in [0.2, 0.25) is 11.8 Å². The molecular formula is C18H17ClN2O3S. The molecule has 0 aliphatic carbocycles. The smallest absolute Gasteiger partial charge is 0.240 e. The van der Waals surface area contributed by atoms with Crippen molar-refractivity contribution in [2.75, 3.05) is 30.3 Å². The number of nitrogens with one attached hydrogen (secondary N) is 1. The second kappa shape index (κ2) is 8.27. The number of fused-ring (bicyclic) bond motifs is 1. The Morgan fingerprint density at radius 2 is 1.96 bits per heavy atom. The van der Waals surface area contributed by atoms with E-state index in [0.717, 1.165) is 10.6 Å². The fourth-order valence-electron chi connectivity index (χ4n) is 2.42. The maximum absolute atomic E-state index is 12.1. The second-order valence-electron chi connectivity index (χ2n) is 5.39. The van der Waals surface area contributed by atoms with Gasteiger partial charge in [-0.05, 0) is 36.4 Å². The summed E-state index contributed by atoms with van der Waals surface area (Å²) in [5, 5.41) is 3.42. The van der Waals surface area contributed by atoms with Crippen molar-refractivity contribution in [3.05, 3.63) is 53.6 Å². The number of halogens is 1. The average Bonchev–Trinajstić information content (AvgIpc) is 2.63. The molecule has 0 radical (unpaired) electrons. The molecule has 0 unspecified atom stereocenters. The molecule has 0 atom stereocenters. The number of hydrogen-bond donors (Lipinski definition) is 1. The van der Waals surface area contributed by atoms with Gasteiger partial charge >= 0.3 is 0 Å². The predicted molar refractivity (Wildman–Crippen MR) is 99.5 cm³/mol. The van der Waals surface area contributed by atoms with E-state index in [9.17, 15) is 9.59 Å². The lowest BCUT2D eigenvalue weighted by molar-refractivity contribution is -0.123.